The summed E-state index contributed by atoms with van der Waals surface area (Å²) in [4.78, 5) is 11.2. The number of methoxy groups -OCH3 is 1. The van der Waals surface area contributed by atoms with Gasteiger partial charge in [0.2, 0.25) is 0 Å². The quantitative estimate of drug-likeness (QED) is 0.656. The monoisotopic (exact) mass is 211 g/mol. The highest BCUT2D eigenvalue weighted by molar-refractivity contribution is 5.79. The molecule has 0 amide bonds. The number of rotatable bonds is 1. The molecule has 82 valence electrons. The standard InChI is InChI=1S/C8H12F3NO2/c1-5-3-12-4-7(5,6(13)14-2)8(9,10)11/h5,12H,3-4H2,1-2H3/t5-,7-/m1/s1. The van der Waals surface area contributed by atoms with Crippen LogP contribution in [-0.2, 0) is 9.53 Å². The number of alkyl halides is 3. The van der Waals surface area contributed by atoms with Crippen LogP contribution in [0.2, 0.25) is 0 Å². The number of hydrogen-bond donors (Lipinski definition) is 1. The van der Waals surface area contributed by atoms with Crippen molar-refractivity contribution in [2.75, 3.05) is 20.2 Å². The molecule has 0 spiro atoms. The second-order valence-electron chi connectivity index (χ2n) is 3.49. The zero-order valence-corrected chi connectivity index (χ0v) is 7.94. The SMILES string of the molecule is COC(=O)[C@@]1(C(F)(F)F)CNC[C@H]1C. The van der Waals surface area contributed by atoms with Crippen molar-refractivity contribution in [1.29, 1.82) is 0 Å². The molecule has 0 unspecified atom stereocenters. The number of nitrogens with one attached hydrogen (secondary N) is 1. The van der Waals surface area contributed by atoms with E-state index in [1.54, 1.807) is 0 Å². The molecule has 6 heteroatoms. The molecule has 0 aliphatic carbocycles. The molecule has 1 fully saturated rings. The summed E-state index contributed by atoms with van der Waals surface area (Å²) >= 11 is 0. The van der Waals surface area contributed by atoms with Crippen molar-refractivity contribution in [3.05, 3.63) is 0 Å². The normalized spacial score (nSPS) is 33.1. The van der Waals surface area contributed by atoms with Gasteiger partial charge in [-0.25, -0.2) is 0 Å². The molecule has 0 saturated carbocycles. The summed E-state index contributed by atoms with van der Waals surface area (Å²) in [7, 11) is 0.973. The largest absolute Gasteiger partial charge is 0.468 e. The fraction of sp³-hybridized carbons (Fsp3) is 0.875. The van der Waals surface area contributed by atoms with Crippen LogP contribution in [0.3, 0.4) is 0 Å². The summed E-state index contributed by atoms with van der Waals surface area (Å²) in [5, 5.41) is 2.56. The topological polar surface area (TPSA) is 38.3 Å². The predicted octanol–water partition coefficient (Wildman–Crippen LogP) is 0.947. The third-order valence-corrected chi connectivity index (χ3v) is 2.75. The number of esters is 1. The van der Waals surface area contributed by atoms with Crippen molar-refractivity contribution < 1.29 is 22.7 Å². The van der Waals surface area contributed by atoms with Gasteiger partial charge in [-0.3, -0.25) is 4.79 Å². The van der Waals surface area contributed by atoms with Crippen molar-refractivity contribution in [3.8, 4) is 0 Å². The maximum absolute atomic E-state index is 12.8. The lowest BCUT2D eigenvalue weighted by Gasteiger charge is -2.31. The Labute approximate surface area is 79.6 Å². The molecule has 0 aromatic carbocycles. The second-order valence-corrected chi connectivity index (χ2v) is 3.49. The third kappa shape index (κ3) is 1.37. The van der Waals surface area contributed by atoms with Crippen LogP contribution in [0, 0.1) is 11.3 Å². The fourth-order valence-electron chi connectivity index (χ4n) is 1.79. The maximum atomic E-state index is 12.8. The predicted molar refractivity (Wildman–Crippen MR) is 42.5 cm³/mol. The van der Waals surface area contributed by atoms with E-state index in [0.717, 1.165) is 7.11 Å². The second kappa shape index (κ2) is 3.42. The number of carbonyl (C=O) groups is 1. The lowest BCUT2D eigenvalue weighted by atomic mass is 9.78. The summed E-state index contributed by atoms with van der Waals surface area (Å²) in [6.07, 6.45) is -4.57. The summed E-state index contributed by atoms with van der Waals surface area (Å²) in [6.45, 7) is 1.17. The molecule has 0 aromatic rings. The molecule has 14 heavy (non-hydrogen) atoms. The lowest BCUT2D eigenvalue weighted by molar-refractivity contribution is -0.237. The number of hydrogen-bond acceptors (Lipinski definition) is 3. The van der Waals surface area contributed by atoms with Gasteiger partial charge in [0.05, 0.1) is 7.11 Å². The van der Waals surface area contributed by atoms with E-state index in [2.05, 4.69) is 10.1 Å². The average molecular weight is 211 g/mol. The zero-order chi connectivity index (χ0) is 11.0. The van der Waals surface area contributed by atoms with E-state index in [4.69, 9.17) is 0 Å². The fourth-order valence-corrected chi connectivity index (χ4v) is 1.79. The number of ether oxygens (including phenoxy) is 1. The van der Waals surface area contributed by atoms with E-state index in [1.165, 1.54) is 6.92 Å². The zero-order valence-electron chi connectivity index (χ0n) is 7.94. The highest BCUT2D eigenvalue weighted by Gasteiger charge is 2.66. The first kappa shape index (κ1) is 11.3. The summed E-state index contributed by atoms with van der Waals surface area (Å²) in [5.41, 5.74) is -2.37. The smallest absolute Gasteiger partial charge is 0.406 e. The first-order chi connectivity index (χ1) is 6.36. The number of halogens is 3. The maximum Gasteiger partial charge on any atom is 0.406 e. The molecular formula is C8H12F3NO2. The van der Waals surface area contributed by atoms with Gasteiger partial charge in [0.15, 0.2) is 5.41 Å². The molecular weight excluding hydrogens is 199 g/mol. The molecule has 1 aliphatic rings. The van der Waals surface area contributed by atoms with Crippen LogP contribution in [0.1, 0.15) is 6.92 Å². The molecule has 1 N–H and O–H groups in total. The van der Waals surface area contributed by atoms with Crippen LogP contribution < -0.4 is 5.32 Å². The van der Waals surface area contributed by atoms with Crippen LogP contribution in [-0.4, -0.2) is 32.3 Å². The van der Waals surface area contributed by atoms with Gasteiger partial charge in [-0.15, -0.1) is 0 Å². The Morgan fingerprint density at radius 2 is 2.14 bits per heavy atom. The van der Waals surface area contributed by atoms with Crippen molar-refractivity contribution >= 4 is 5.97 Å². The van der Waals surface area contributed by atoms with Crippen molar-refractivity contribution in [2.45, 2.75) is 13.1 Å². The highest BCUT2D eigenvalue weighted by atomic mass is 19.4. The summed E-state index contributed by atoms with van der Waals surface area (Å²) in [5.74, 6) is -2.00. The molecule has 1 aliphatic heterocycles. The van der Waals surface area contributed by atoms with Gasteiger partial charge in [-0.1, -0.05) is 6.92 Å². The van der Waals surface area contributed by atoms with Crippen molar-refractivity contribution in [1.82, 2.24) is 5.32 Å². The minimum absolute atomic E-state index is 0.175. The van der Waals surface area contributed by atoms with E-state index in [1.807, 2.05) is 0 Å². The van der Waals surface area contributed by atoms with Crippen LogP contribution in [0.4, 0.5) is 13.2 Å². The Morgan fingerprint density at radius 3 is 2.43 bits per heavy atom. The van der Waals surface area contributed by atoms with Crippen LogP contribution in [0.25, 0.3) is 0 Å². The van der Waals surface area contributed by atoms with Crippen molar-refractivity contribution in [2.24, 2.45) is 11.3 Å². The minimum atomic E-state index is -4.57. The molecule has 1 heterocycles. The van der Waals surface area contributed by atoms with E-state index < -0.39 is 30.0 Å². The Bertz CT molecular complexity index is 241. The Kier molecular flexibility index (Phi) is 2.76. The molecule has 0 radical (unpaired) electrons. The van der Waals surface area contributed by atoms with Crippen molar-refractivity contribution in [3.63, 3.8) is 0 Å². The van der Waals surface area contributed by atoms with Crippen LogP contribution in [0.15, 0.2) is 0 Å². The molecule has 0 aromatic heterocycles. The molecule has 2 atom stereocenters. The van der Waals surface area contributed by atoms with Gasteiger partial charge in [0, 0.05) is 6.54 Å². The van der Waals surface area contributed by atoms with E-state index >= 15 is 0 Å². The summed E-state index contributed by atoms with van der Waals surface area (Å²) in [6, 6.07) is 0. The van der Waals surface area contributed by atoms with Gasteiger partial charge in [0.25, 0.3) is 0 Å². The van der Waals surface area contributed by atoms with E-state index in [0.29, 0.717) is 0 Å². The highest BCUT2D eigenvalue weighted by Crippen LogP contribution is 2.47. The van der Waals surface area contributed by atoms with Crippen LogP contribution >= 0.6 is 0 Å². The van der Waals surface area contributed by atoms with Crippen LogP contribution in [0.5, 0.6) is 0 Å². The molecule has 1 saturated heterocycles. The van der Waals surface area contributed by atoms with E-state index in [9.17, 15) is 18.0 Å². The van der Waals surface area contributed by atoms with Gasteiger partial charge >= 0.3 is 12.1 Å². The first-order valence-corrected chi connectivity index (χ1v) is 4.22. The summed E-state index contributed by atoms with van der Waals surface area (Å²) < 4.78 is 42.5. The molecule has 3 nitrogen and oxygen atoms in total. The molecule has 0 bridgehead atoms. The Hall–Kier alpha value is -0.780. The van der Waals surface area contributed by atoms with Gasteiger partial charge in [-0.2, -0.15) is 13.2 Å². The first-order valence-electron chi connectivity index (χ1n) is 4.22. The minimum Gasteiger partial charge on any atom is -0.468 e. The lowest BCUT2D eigenvalue weighted by Crippen LogP contribution is -2.50. The number of carbonyl (C=O) groups excluding carboxylic acids is 1. The van der Waals surface area contributed by atoms with E-state index in [-0.39, 0.29) is 6.54 Å². The van der Waals surface area contributed by atoms with Gasteiger partial charge < -0.3 is 10.1 Å². The van der Waals surface area contributed by atoms with Gasteiger partial charge in [-0.05, 0) is 12.5 Å². The molecule has 1 rings (SSSR count). The Morgan fingerprint density at radius 1 is 1.57 bits per heavy atom. The Balaban J connectivity index is 3.08. The van der Waals surface area contributed by atoms with Gasteiger partial charge in [0.1, 0.15) is 0 Å². The average Bonchev–Trinajstić information content (AvgIpc) is 2.45. The third-order valence-electron chi connectivity index (χ3n) is 2.75.